The van der Waals surface area contributed by atoms with Gasteiger partial charge in [0.1, 0.15) is 12.0 Å². The standard InChI is InChI=1S/C17H19IN4O4/c1-4-11(2)26-17-14(18)7-12(8-15(17)25-3)9-20-21-16-6-5-13(10-19-16)22(23)24/h5-11H,4H2,1-3H3,(H,19,21)/b20-9+/t11-/m1/s1. The Bertz CT molecular complexity index is 796. The van der Waals surface area contributed by atoms with Crippen molar-refractivity contribution >= 4 is 40.3 Å². The lowest BCUT2D eigenvalue weighted by Crippen LogP contribution is -2.11. The summed E-state index contributed by atoms with van der Waals surface area (Å²) in [5.41, 5.74) is 3.48. The van der Waals surface area contributed by atoms with Crippen LogP contribution in [0.2, 0.25) is 0 Å². The van der Waals surface area contributed by atoms with Crippen LogP contribution in [0.4, 0.5) is 11.5 Å². The molecule has 0 radical (unpaired) electrons. The van der Waals surface area contributed by atoms with Crippen LogP contribution >= 0.6 is 22.6 Å². The predicted octanol–water partition coefficient (Wildman–Crippen LogP) is 4.23. The van der Waals surface area contributed by atoms with Crippen molar-refractivity contribution in [3.8, 4) is 11.5 Å². The van der Waals surface area contributed by atoms with E-state index in [-0.39, 0.29) is 11.8 Å². The normalized spacial score (nSPS) is 12.0. The first-order valence-corrected chi connectivity index (χ1v) is 8.96. The minimum atomic E-state index is -0.503. The molecule has 0 amide bonds. The quantitative estimate of drug-likeness (QED) is 0.269. The highest BCUT2D eigenvalue weighted by atomic mass is 127. The molecular weight excluding hydrogens is 451 g/mol. The van der Waals surface area contributed by atoms with E-state index >= 15 is 0 Å². The van der Waals surface area contributed by atoms with Crippen molar-refractivity contribution in [3.63, 3.8) is 0 Å². The predicted molar refractivity (Wildman–Crippen MR) is 108 cm³/mol. The monoisotopic (exact) mass is 470 g/mol. The molecule has 1 atom stereocenters. The number of aromatic nitrogens is 1. The number of pyridine rings is 1. The van der Waals surface area contributed by atoms with E-state index in [9.17, 15) is 10.1 Å². The molecule has 138 valence electrons. The number of rotatable bonds is 8. The molecule has 1 aromatic carbocycles. The van der Waals surface area contributed by atoms with Crippen molar-refractivity contribution in [1.82, 2.24) is 4.98 Å². The van der Waals surface area contributed by atoms with Gasteiger partial charge >= 0.3 is 0 Å². The van der Waals surface area contributed by atoms with Crippen LogP contribution in [0.3, 0.4) is 0 Å². The molecule has 0 aliphatic rings. The number of hydrazone groups is 1. The van der Waals surface area contributed by atoms with Crippen LogP contribution in [0, 0.1) is 13.7 Å². The summed E-state index contributed by atoms with van der Waals surface area (Å²) in [7, 11) is 1.59. The van der Waals surface area contributed by atoms with Crippen LogP contribution in [0.5, 0.6) is 11.5 Å². The summed E-state index contributed by atoms with van der Waals surface area (Å²) in [6.07, 6.45) is 3.77. The number of nitrogens with zero attached hydrogens (tertiary/aromatic N) is 3. The Labute approximate surface area is 164 Å². The van der Waals surface area contributed by atoms with E-state index in [0.717, 1.165) is 15.6 Å². The van der Waals surface area contributed by atoms with Gasteiger partial charge in [-0.2, -0.15) is 5.10 Å². The van der Waals surface area contributed by atoms with Gasteiger partial charge in [-0.05, 0) is 59.7 Å². The highest BCUT2D eigenvalue weighted by Crippen LogP contribution is 2.34. The van der Waals surface area contributed by atoms with Crippen molar-refractivity contribution in [2.75, 3.05) is 12.5 Å². The number of ether oxygens (including phenoxy) is 2. The van der Waals surface area contributed by atoms with Gasteiger partial charge in [-0.3, -0.25) is 15.5 Å². The number of hydrogen-bond donors (Lipinski definition) is 1. The molecule has 8 nitrogen and oxygen atoms in total. The lowest BCUT2D eigenvalue weighted by Gasteiger charge is -2.17. The fourth-order valence-electron chi connectivity index (χ4n) is 1.95. The molecule has 1 N–H and O–H groups in total. The van der Waals surface area contributed by atoms with Crippen LogP contribution in [-0.2, 0) is 0 Å². The first-order chi connectivity index (χ1) is 12.4. The van der Waals surface area contributed by atoms with E-state index in [2.05, 4.69) is 45.0 Å². The lowest BCUT2D eigenvalue weighted by molar-refractivity contribution is -0.385. The second-order valence-corrected chi connectivity index (χ2v) is 6.56. The third-order valence-corrected chi connectivity index (χ3v) is 4.30. The number of methoxy groups -OCH3 is 1. The van der Waals surface area contributed by atoms with Gasteiger partial charge < -0.3 is 9.47 Å². The Morgan fingerprint density at radius 3 is 2.81 bits per heavy atom. The molecule has 9 heteroatoms. The molecule has 1 aromatic heterocycles. The number of anilines is 1. The molecule has 2 rings (SSSR count). The minimum Gasteiger partial charge on any atom is -0.493 e. The average molecular weight is 470 g/mol. The van der Waals surface area contributed by atoms with Gasteiger partial charge in [0, 0.05) is 6.07 Å². The van der Waals surface area contributed by atoms with Crippen molar-refractivity contribution in [1.29, 1.82) is 0 Å². The average Bonchev–Trinajstić information content (AvgIpc) is 2.63. The Morgan fingerprint density at radius 2 is 2.23 bits per heavy atom. The zero-order chi connectivity index (χ0) is 19.1. The van der Waals surface area contributed by atoms with Crippen molar-refractivity contribution in [2.45, 2.75) is 26.4 Å². The van der Waals surface area contributed by atoms with Crippen LogP contribution in [0.25, 0.3) is 0 Å². The number of benzene rings is 1. The Balaban J connectivity index is 2.12. The molecule has 0 aliphatic carbocycles. The molecule has 0 fully saturated rings. The summed E-state index contributed by atoms with van der Waals surface area (Å²) >= 11 is 2.19. The summed E-state index contributed by atoms with van der Waals surface area (Å²) in [4.78, 5) is 14.0. The largest absolute Gasteiger partial charge is 0.493 e. The third kappa shape index (κ3) is 5.28. The van der Waals surface area contributed by atoms with E-state index < -0.39 is 4.92 Å². The molecule has 0 saturated carbocycles. The van der Waals surface area contributed by atoms with Crippen LogP contribution < -0.4 is 14.9 Å². The summed E-state index contributed by atoms with van der Waals surface area (Å²) in [5.74, 6) is 1.75. The van der Waals surface area contributed by atoms with Crippen LogP contribution in [0.15, 0.2) is 35.6 Å². The molecule has 0 unspecified atom stereocenters. The number of nitrogens with one attached hydrogen (secondary N) is 1. The number of hydrogen-bond acceptors (Lipinski definition) is 7. The fourth-order valence-corrected chi connectivity index (χ4v) is 2.70. The van der Waals surface area contributed by atoms with Gasteiger partial charge in [0.2, 0.25) is 0 Å². The summed E-state index contributed by atoms with van der Waals surface area (Å²) in [6, 6.07) is 6.60. The zero-order valence-electron chi connectivity index (χ0n) is 14.6. The van der Waals surface area contributed by atoms with Gasteiger partial charge in [0.25, 0.3) is 5.69 Å². The molecule has 0 spiro atoms. The van der Waals surface area contributed by atoms with Crippen molar-refractivity contribution in [3.05, 3.63) is 49.7 Å². The van der Waals surface area contributed by atoms with E-state index in [0.29, 0.717) is 17.3 Å². The van der Waals surface area contributed by atoms with E-state index in [1.165, 1.54) is 18.3 Å². The molecule has 0 saturated heterocycles. The molecule has 2 aromatic rings. The SMILES string of the molecule is CC[C@@H](C)Oc1c(I)cc(/C=N/Nc2ccc([N+](=O)[O-])cn2)cc1OC. The van der Waals surface area contributed by atoms with Gasteiger partial charge in [-0.1, -0.05) is 6.92 Å². The minimum absolute atomic E-state index is 0.0734. The highest BCUT2D eigenvalue weighted by Gasteiger charge is 2.13. The second kappa shape index (κ2) is 9.32. The van der Waals surface area contributed by atoms with E-state index in [1.807, 2.05) is 19.1 Å². The van der Waals surface area contributed by atoms with Gasteiger partial charge in [0.05, 0.1) is 27.9 Å². The molecule has 1 heterocycles. The fraction of sp³-hybridized carbons (Fsp3) is 0.294. The smallest absolute Gasteiger partial charge is 0.287 e. The van der Waals surface area contributed by atoms with Crippen molar-refractivity contribution < 1.29 is 14.4 Å². The Hall–Kier alpha value is -2.43. The zero-order valence-corrected chi connectivity index (χ0v) is 16.8. The summed E-state index contributed by atoms with van der Waals surface area (Å²) in [5, 5.41) is 14.7. The molecule has 26 heavy (non-hydrogen) atoms. The van der Waals surface area contributed by atoms with Crippen LogP contribution in [0.1, 0.15) is 25.8 Å². The third-order valence-electron chi connectivity index (χ3n) is 3.50. The number of nitro groups is 1. The maximum Gasteiger partial charge on any atom is 0.287 e. The molecule has 0 bridgehead atoms. The summed E-state index contributed by atoms with van der Waals surface area (Å²) < 4.78 is 12.3. The highest BCUT2D eigenvalue weighted by molar-refractivity contribution is 14.1. The van der Waals surface area contributed by atoms with Gasteiger partial charge in [0.15, 0.2) is 11.5 Å². The van der Waals surface area contributed by atoms with Crippen LogP contribution in [-0.4, -0.2) is 29.3 Å². The molecule has 0 aliphatic heterocycles. The van der Waals surface area contributed by atoms with E-state index in [1.54, 1.807) is 13.3 Å². The summed E-state index contributed by atoms with van der Waals surface area (Å²) in [6.45, 7) is 4.06. The topological polar surface area (TPSA) is 98.9 Å². The van der Waals surface area contributed by atoms with Gasteiger partial charge in [-0.25, -0.2) is 4.98 Å². The second-order valence-electron chi connectivity index (χ2n) is 5.40. The maximum atomic E-state index is 10.6. The van der Waals surface area contributed by atoms with Crippen molar-refractivity contribution in [2.24, 2.45) is 5.10 Å². The first kappa shape index (κ1) is 19.9. The number of halogens is 1. The Morgan fingerprint density at radius 1 is 1.46 bits per heavy atom. The lowest BCUT2D eigenvalue weighted by atomic mass is 10.2. The molecular formula is C17H19IN4O4. The van der Waals surface area contributed by atoms with E-state index in [4.69, 9.17) is 9.47 Å². The first-order valence-electron chi connectivity index (χ1n) is 7.88. The van der Waals surface area contributed by atoms with Gasteiger partial charge in [-0.15, -0.1) is 0 Å². The maximum absolute atomic E-state index is 10.6. The Kier molecular flexibility index (Phi) is 7.13.